The normalized spacial score (nSPS) is 10.5. The second-order valence-corrected chi connectivity index (χ2v) is 2.85. The average Bonchev–Trinajstić information content (AvgIpc) is 2.60. The lowest BCUT2D eigenvalue weighted by atomic mass is 10.2. The zero-order chi connectivity index (χ0) is 9.26. The summed E-state index contributed by atoms with van der Waals surface area (Å²) in [6.45, 7) is 0.0641. The molecule has 3 nitrogen and oxygen atoms in total. The fraction of sp³-hybridized carbons (Fsp3) is 0.100. The van der Waals surface area contributed by atoms with Crippen molar-refractivity contribution in [2.45, 2.75) is 0 Å². The van der Waals surface area contributed by atoms with Gasteiger partial charge in [-0.1, -0.05) is 6.07 Å². The van der Waals surface area contributed by atoms with Crippen molar-refractivity contribution in [1.29, 1.82) is 0 Å². The van der Waals surface area contributed by atoms with Crippen LogP contribution in [0.25, 0.3) is 5.52 Å². The van der Waals surface area contributed by atoms with Gasteiger partial charge in [0, 0.05) is 18.0 Å². The first-order valence-corrected chi connectivity index (χ1v) is 4.12. The van der Waals surface area contributed by atoms with E-state index in [1.54, 1.807) is 6.07 Å². The first-order valence-electron chi connectivity index (χ1n) is 4.12. The van der Waals surface area contributed by atoms with E-state index in [1.807, 2.05) is 35.0 Å². The Labute approximate surface area is 75.8 Å². The van der Waals surface area contributed by atoms with E-state index in [0.29, 0.717) is 5.56 Å². The number of pyridine rings is 1. The van der Waals surface area contributed by atoms with E-state index >= 15 is 0 Å². The predicted octanol–water partition coefficient (Wildman–Crippen LogP) is 1.08. The monoisotopic (exact) mass is 174 g/mol. The van der Waals surface area contributed by atoms with Crippen LogP contribution >= 0.6 is 0 Å². The van der Waals surface area contributed by atoms with Gasteiger partial charge in [-0.25, -0.2) is 0 Å². The summed E-state index contributed by atoms with van der Waals surface area (Å²) in [7, 11) is 0. The highest BCUT2D eigenvalue weighted by atomic mass is 16.1. The molecule has 3 heteroatoms. The molecule has 66 valence electrons. The SMILES string of the molecule is NCC(=O)c1ccn2ccccc12. The first kappa shape index (κ1) is 8.01. The Bertz CT molecular complexity index is 445. The number of hydrogen-bond donors (Lipinski definition) is 1. The number of ketones is 1. The predicted molar refractivity (Wildman–Crippen MR) is 50.8 cm³/mol. The van der Waals surface area contributed by atoms with Gasteiger partial charge in [0.05, 0.1) is 12.1 Å². The van der Waals surface area contributed by atoms with Crippen LogP contribution in [0.2, 0.25) is 0 Å². The Morgan fingerprint density at radius 3 is 2.92 bits per heavy atom. The summed E-state index contributed by atoms with van der Waals surface area (Å²) in [5, 5.41) is 0. The van der Waals surface area contributed by atoms with Gasteiger partial charge in [-0.2, -0.15) is 0 Å². The maximum Gasteiger partial charge on any atom is 0.178 e. The number of nitrogens with zero attached hydrogens (tertiary/aromatic N) is 1. The van der Waals surface area contributed by atoms with E-state index in [4.69, 9.17) is 5.73 Å². The largest absolute Gasteiger partial charge is 0.324 e. The highest BCUT2D eigenvalue weighted by Gasteiger charge is 2.07. The molecule has 13 heavy (non-hydrogen) atoms. The van der Waals surface area contributed by atoms with Crippen LogP contribution in [0.1, 0.15) is 10.4 Å². The number of nitrogens with two attached hydrogens (primary N) is 1. The Balaban J connectivity index is 2.64. The molecular weight excluding hydrogens is 164 g/mol. The molecule has 0 aliphatic carbocycles. The topological polar surface area (TPSA) is 47.5 Å². The standard InChI is InChI=1S/C10H10N2O/c11-7-10(13)8-4-6-12-5-2-1-3-9(8)12/h1-6H,7,11H2. The van der Waals surface area contributed by atoms with Gasteiger partial charge in [-0.15, -0.1) is 0 Å². The van der Waals surface area contributed by atoms with Crippen molar-refractivity contribution in [3.63, 3.8) is 0 Å². The number of rotatable bonds is 2. The summed E-state index contributed by atoms with van der Waals surface area (Å²) in [5.74, 6) is -0.0197. The summed E-state index contributed by atoms with van der Waals surface area (Å²) in [6.07, 6.45) is 3.76. The number of carbonyl (C=O) groups is 1. The van der Waals surface area contributed by atoms with Crippen LogP contribution < -0.4 is 5.73 Å². The van der Waals surface area contributed by atoms with Crippen molar-refractivity contribution >= 4 is 11.3 Å². The number of aromatic nitrogens is 1. The molecule has 0 radical (unpaired) electrons. The van der Waals surface area contributed by atoms with Crippen LogP contribution in [0.5, 0.6) is 0 Å². The summed E-state index contributed by atoms with van der Waals surface area (Å²) in [5.41, 5.74) is 6.91. The summed E-state index contributed by atoms with van der Waals surface area (Å²) >= 11 is 0. The molecule has 0 amide bonds. The van der Waals surface area contributed by atoms with Gasteiger partial charge in [0.15, 0.2) is 5.78 Å². The van der Waals surface area contributed by atoms with Gasteiger partial charge in [-0.05, 0) is 18.2 Å². The van der Waals surface area contributed by atoms with E-state index in [9.17, 15) is 4.79 Å². The van der Waals surface area contributed by atoms with Gasteiger partial charge in [0.1, 0.15) is 0 Å². The van der Waals surface area contributed by atoms with E-state index in [2.05, 4.69) is 0 Å². The molecular formula is C10H10N2O. The maximum atomic E-state index is 11.4. The van der Waals surface area contributed by atoms with Crippen molar-refractivity contribution in [2.75, 3.05) is 6.54 Å². The lowest BCUT2D eigenvalue weighted by Crippen LogP contribution is -2.13. The molecule has 0 aliphatic heterocycles. The average molecular weight is 174 g/mol. The Kier molecular flexibility index (Phi) is 1.87. The third-order valence-electron chi connectivity index (χ3n) is 2.05. The molecule has 2 aromatic heterocycles. The molecule has 0 atom stereocenters. The molecule has 0 spiro atoms. The van der Waals surface area contributed by atoms with Gasteiger partial charge in [-0.3, -0.25) is 4.79 Å². The molecule has 2 rings (SSSR count). The minimum Gasteiger partial charge on any atom is -0.324 e. The van der Waals surface area contributed by atoms with E-state index < -0.39 is 0 Å². The first-order chi connectivity index (χ1) is 6.33. The van der Waals surface area contributed by atoms with Crippen molar-refractivity contribution in [2.24, 2.45) is 5.73 Å². The van der Waals surface area contributed by atoms with Crippen LogP contribution in [-0.2, 0) is 0 Å². The zero-order valence-corrected chi connectivity index (χ0v) is 7.10. The number of Topliss-reactive ketones (excluding diaryl/α,β-unsaturated/α-hetero) is 1. The van der Waals surface area contributed by atoms with Gasteiger partial charge >= 0.3 is 0 Å². The Hall–Kier alpha value is -1.61. The van der Waals surface area contributed by atoms with Gasteiger partial charge in [0.2, 0.25) is 0 Å². The highest BCUT2D eigenvalue weighted by Crippen LogP contribution is 2.12. The van der Waals surface area contributed by atoms with E-state index in [0.717, 1.165) is 5.52 Å². The lowest BCUT2D eigenvalue weighted by molar-refractivity contribution is 0.100. The number of carbonyl (C=O) groups excluding carboxylic acids is 1. The van der Waals surface area contributed by atoms with Crippen molar-refractivity contribution in [1.82, 2.24) is 4.40 Å². The molecule has 0 aromatic carbocycles. The number of hydrogen-bond acceptors (Lipinski definition) is 2. The molecule has 2 aromatic rings. The van der Waals surface area contributed by atoms with Gasteiger partial charge < -0.3 is 10.1 Å². The van der Waals surface area contributed by atoms with Gasteiger partial charge in [0.25, 0.3) is 0 Å². The Morgan fingerprint density at radius 2 is 2.15 bits per heavy atom. The molecule has 0 saturated heterocycles. The molecule has 0 aliphatic rings. The van der Waals surface area contributed by atoms with Crippen LogP contribution in [0.15, 0.2) is 36.7 Å². The smallest absolute Gasteiger partial charge is 0.178 e. The summed E-state index contributed by atoms with van der Waals surface area (Å²) < 4.78 is 1.91. The lowest BCUT2D eigenvalue weighted by Gasteiger charge is -1.96. The van der Waals surface area contributed by atoms with E-state index in [1.165, 1.54) is 0 Å². The second kappa shape index (κ2) is 3.03. The molecule has 0 fully saturated rings. The zero-order valence-electron chi connectivity index (χ0n) is 7.10. The van der Waals surface area contributed by atoms with Crippen molar-refractivity contribution in [3.05, 3.63) is 42.2 Å². The number of fused-ring (bicyclic) bond motifs is 1. The maximum absolute atomic E-state index is 11.4. The fourth-order valence-electron chi connectivity index (χ4n) is 1.40. The van der Waals surface area contributed by atoms with E-state index in [-0.39, 0.29) is 12.3 Å². The third-order valence-corrected chi connectivity index (χ3v) is 2.05. The quantitative estimate of drug-likeness (QED) is 0.692. The highest BCUT2D eigenvalue weighted by molar-refractivity contribution is 6.03. The molecule has 0 unspecified atom stereocenters. The summed E-state index contributed by atoms with van der Waals surface area (Å²) in [4.78, 5) is 11.4. The fourth-order valence-corrected chi connectivity index (χ4v) is 1.40. The molecule has 2 N–H and O–H groups in total. The minimum absolute atomic E-state index is 0.0197. The molecule has 0 bridgehead atoms. The van der Waals surface area contributed by atoms with Crippen LogP contribution in [-0.4, -0.2) is 16.7 Å². The van der Waals surface area contributed by atoms with Crippen molar-refractivity contribution in [3.8, 4) is 0 Å². The summed E-state index contributed by atoms with van der Waals surface area (Å²) in [6, 6.07) is 7.53. The molecule has 0 saturated carbocycles. The Morgan fingerprint density at radius 1 is 1.31 bits per heavy atom. The van der Waals surface area contributed by atoms with Crippen LogP contribution in [0, 0.1) is 0 Å². The second-order valence-electron chi connectivity index (χ2n) is 2.85. The minimum atomic E-state index is -0.0197. The van der Waals surface area contributed by atoms with Crippen LogP contribution in [0.4, 0.5) is 0 Å². The third kappa shape index (κ3) is 1.23. The molecule has 2 heterocycles. The van der Waals surface area contributed by atoms with Crippen molar-refractivity contribution < 1.29 is 4.79 Å². The van der Waals surface area contributed by atoms with Crippen LogP contribution in [0.3, 0.4) is 0 Å².